The third-order valence-electron chi connectivity index (χ3n) is 5.29. The molecule has 0 bridgehead atoms. The van der Waals surface area contributed by atoms with Crippen LogP contribution < -0.4 is 10.2 Å². The summed E-state index contributed by atoms with van der Waals surface area (Å²) in [5, 5.41) is 2.87. The van der Waals surface area contributed by atoms with Crippen LogP contribution in [0.15, 0.2) is 42.6 Å². The number of piperidine rings is 1. The van der Waals surface area contributed by atoms with Gasteiger partial charge in [0.2, 0.25) is 0 Å². The van der Waals surface area contributed by atoms with E-state index < -0.39 is 5.79 Å². The van der Waals surface area contributed by atoms with Gasteiger partial charge in [-0.1, -0.05) is 12.1 Å². The van der Waals surface area contributed by atoms with Crippen LogP contribution in [0.25, 0.3) is 0 Å². The van der Waals surface area contributed by atoms with Crippen molar-refractivity contribution < 1.29 is 18.7 Å². The average Bonchev–Trinajstić information content (AvgIpc) is 3.18. The highest BCUT2D eigenvalue weighted by Crippen LogP contribution is 2.32. The molecule has 0 aliphatic carbocycles. The number of aromatic nitrogens is 1. The summed E-state index contributed by atoms with van der Waals surface area (Å²) < 4.78 is 24.4. The SMILES string of the molecule is O=C(NCCc1ccc(F)cc1)c1ccc(N2CCC3(CC2)OCCO3)nc1. The highest BCUT2D eigenvalue weighted by Gasteiger charge is 2.39. The molecule has 28 heavy (non-hydrogen) atoms. The Kier molecular flexibility index (Phi) is 5.54. The number of anilines is 1. The van der Waals surface area contributed by atoms with Gasteiger partial charge in [0, 0.05) is 38.7 Å². The summed E-state index contributed by atoms with van der Waals surface area (Å²) >= 11 is 0. The van der Waals surface area contributed by atoms with Crippen LogP contribution in [0.3, 0.4) is 0 Å². The van der Waals surface area contributed by atoms with Gasteiger partial charge in [0.1, 0.15) is 11.6 Å². The van der Waals surface area contributed by atoms with Gasteiger partial charge < -0.3 is 19.7 Å². The van der Waals surface area contributed by atoms with Crippen molar-refractivity contribution in [2.24, 2.45) is 0 Å². The Hall–Kier alpha value is -2.51. The molecule has 0 saturated carbocycles. The van der Waals surface area contributed by atoms with E-state index in [1.165, 1.54) is 12.1 Å². The van der Waals surface area contributed by atoms with Crippen LogP contribution >= 0.6 is 0 Å². The zero-order valence-corrected chi connectivity index (χ0v) is 15.7. The first-order valence-corrected chi connectivity index (χ1v) is 9.65. The van der Waals surface area contributed by atoms with Gasteiger partial charge in [0.05, 0.1) is 18.8 Å². The van der Waals surface area contributed by atoms with Gasteiger partial charge in [-0.15, -0.1) is 0 Å². The number of ether oxygens (including phenoxy) is 2. The first-order chi connectivity index (χ1) is 13.6. The van der Waals surface area contributed by atoms with E-state index in [-0.39, 0.29) is 11.7 Å². The summed E-state index contributed by atoms with van der Waals surface area (Å²) in [6.45, 7) is 3.46. The molecule has 2 saturated heterocycles. The summed E-state index contributed by atoms with van der Waals surface area (Å²) in [5.74, 6) is 0.0363. The van der Waals surface area contributed by atoms with Crippen molar-refractivity contribution in [3.63, 3.8) is 0 Å². The van der Waals surface area contributed by atoms with E-state index in [0.717, 1.165) is 37.3 Å². The minimum Gasteiger partial charge on any atom is -0.356 e. The third kappa shape index (κ3) is 4.31. The lowest BCUT2D eigenvalue weighted by atomic mass is 10.0. The Morgan fingerprint density at radius 1 is 1.11 bits per heavy atom. The smallest absolute Gasteiger partial charge is 0.252 e. The van der Waals surface area contributed by atoms with Gasteiger partial charge in [-0.3, -0.25) is 4.79 Å². The minimum absolute atomic E-state index is 0.161. The van der Waals surface area contributed by atoms with Crippen LogP contribution in [0.2, 0.25) is 0 Å². The highest BCUT2D eigenvalue weighted by molar-refractivity contribution is 5.94. The zero-order valence-electron chi connectivity index (χ0n) is 15.7. The van der Waals surface area contributed by atoms with E-state index in [1.54, 1.807) is 24.4 Å². The number of hydrogen-bond acceptors (Lipinski definition) is 5. The molecule has 1 spiro atoms. The summed E-state index contributed by atoms with van der Waals surface area (Å²) in [4.78, 5) is 18.9. The molecule has 3 heterocycles. The number of nitrogens with zero attached hydrogens (tertiary/aromatic N) is 2. The Labute approximate surface area is 163 Å². The van der Waals surface area contributed by atoms with Crippen molar-refractivity contribution in [3.8, 4) is 0 Å². The molecule has 1 aromatic carbocycles. The predicted octanol–water partition coefficient (Wildman–Crippen LogP) is 2.54. The maximum Gasteiger partial charge on any atom is 0.252 e. The number of carbonyl (C=O) groups excluding carboxylic acids is 1. The van der Waals surface area contributed by atoms with Gasteiger partial charge in [0.15, 0.2) is 5.79 Å². The fraction of sp³-hybridized carbons (Fsp3) is 0.429. The van der Waals surface area contributed by atoms with Crippen LogP contribution in [0.5, 0.6) is 0 Å². The molecule has 2 aliphatic heterocycles. The molecule has 7 heteroatoms. The van der Waals surface area contributed by atoms with E-state index in [9.17, 15) is 9.18 Å². The number of halogens is 1. The van der Waals surface area contributed by atoms with Crippen molar-refractivity contribution in [1.82, 2.24) is 10.3 Å². The Morgan fingerprint density at radius 3 is 2.46 bits per heavy atom. The lowest BCUT2D eigenvalue weighted by molar-refractivity contribution is -0.169. The van der Waals surface area contributed by atoms with Gasteiger partial charge in [-0.2, -0.15) is 0 Å². The first-order valence-electron chi connectivity index (χ1n) is 9.65. The van der Waals surface area contributed by atoms with Gasteiger partial charge in [-0.25, -0.2) is 9.37 Å². The van der Waals surface area contributed by atoms with Crippen LogP contribution in [0.4, 0.5) is 10.2 Å². The van der Waals surface area contributed by atoms with Crippen molar-refractivity contribution in [1.29, 1.82) is 0 Å². The largest absolute Gasteiger partial charge is 0.356 e. The van der Waals surface area contributed by atoms with E-state index in [0.29, 0.717) is 31.7 Å². The van der Waals surface area contributed by atoms with Crippen LogP contribution in [0.1, 0.15) is 28.8 Å². The molecule has 1 aromatic heterocycles. The minimum atomic E-state index is -0.402. The fourth-order valence-corrected chi connectivity index (χ4v) is 3.64. The molecule has 0 atom stereocenters. The molecule has 2 aromatic rings. The molecular formula is C21H24FN3O3. The predicted molar refractivity (Wildman–Crippen MR) is 103 cm³/mol. The quantitative estimate of drug-likeness (QED) is 0.857. The lowest BCUT2D eigenvalue weighted by Crippen LogP contribution is -2.45. The summed E-state index contributed by atoms with van der Waals surface area (Å²) in [7, 11) is 0. The fourth-order valence-electron chi connectivity index (χ4n) is 3.64. The highest BCUT2D eigenvalue weighted by atomic mass is 19.1. The second-order valence-electron chi connectivity index (χ2n) is 7.13. The Balaban J connectivity index is 1.27. The maximum absolute atomic E-state index is 12.9. The molecule has 1 amide bonds. The van der Waals surface area contributed by atoms with E-state index in [4.69, 9.17) is 9.47 Å². The molecule has 0 radical (unpaired) electrons. The third-order valence-corrected chi connectivity index (χ3v) is 5.29. The number of nitrogens with one attached hydrogen (secondary N) is 1. The number of benzene rings is 1. The lowest BCUT2D eigenvalue weighted by Gasteiger charge is -2.38. The Morgan fingerprint density at radius 2 is 1.82 bits per heavy atom. The molecule has 1 N–H and O–H groups in total. The molecule has 148 valence electrons. The average molecular weight is 385 g/mol. The summed E-state index contributed by atoms with van der Waals surface area (Å²) in [5.41, 5.74) is 1.51. The standard InChI is InChI=1S/C21H24FN3O3/c22-18-4-1-16(2-5-18)7-10-23-20(26)17-3-6-19(24-15-17)25-11-8-21(9-12-25)27-13-14-28-21/h1-6,15H,7-14H2,(H,23,26). The summed E-state index contributed by atoms with van der Waals surface area (Å²) in [6.07, 6.45) is 3.90. The van der Waals surface area contributed by atoms with E-state index in [2.05, 4.69) is 15.2 Å². The topological polar surface area (TPSA) is 63.7 Å². The van der Waals surface area contributed by atoms with Crippen molar-refractivity contribution >= 4 is 11.7 Å². The first kappa shape index (κ1) is 18.8. The molecular weight excluding hydrogens is 361 g/mol. The normalized spacial score (nSPS) is 18.4. The van der Waals surface area contributed by atoms with E-state index in [1.807, 2.05) is 6.07 Å². The van der Waals surface area contributed by atoms with Gasteiger partial charge >= 0.3 is 0 Å². The van der Waals surface area contributed by atoms with Crippen LogP contribution in [-0.2, 0) is 15.9 Å². The second kappa shape index (κ2) is 8.24. The zero-order chi connectivity index (χ0) is 19.4. The summed E-state index contributed by atoms with van der Waals surface area (Å²) in [6, 6.07) is 9.97. The number of pyridine rings is 1. The second-order valence-corrected chi connectivity index (χ2v) is 7.13. The monoisotopic (exact) mass is 385 g/mol. The van der Waals surface area contributed by atoms with Crippen molar-refractivity contribution in [2.45, 2.75) is 25.0 Å². The number of hydrogen-bond donors (Lipinski definition) is 1. The van der Waals surface area contributed by atoms with Gasteiger partial charge in [-0.05, 0) is 36.2 Å². The number of amides is 1. The van der Waals surface area contributed by atoms with Crippen LogP contribution in [-0.4, -0.2) is 49.5 Å². The maximum atomic E-state index is 12.9. The van der Waals surface area contributed by atoms with Crippen molar-refractivity contribution in [3.05, 3.63) is 59.5 Å². The number of carbonyl (C=O) groups is 1. The molecule has 2 aliphatic rings. The number of rotatable bonds is 5. The molecule has 2 fully saturated rings. The van der Waals surface area contributed by atoms with E-state index >= 15 is 0 Å². The van der Waals surface area contributed by atoms with Gasteiger partial charge in [0.25, 0.3) is 5.91 Å². The molecule has 0 unspecified atom stereocenters. The Bertz CT molecular complexity index is 795. The van der Waals surface area contributed by atoms with Crippen LogP contribution in [0, 0.1) is 5.82 Å². The molecule has 6 nitrogen and oxygen atoms in total. The van der Waals surface area contributed by atoms with Crippen molar-refractivity contribution in [2.75, 3.05) is 37.7 Å². The molecule has 4 rings (SSSR count).